The van der Waals surface area contributed by atoms with E-state index >= 15 is 0 Å². The number of carbonyl (C=O) groups is 2. The second-order valence-corrected chi connectivity index (χ2v) is 6.86. The van der Waals surface area contributed by atoms with Crippen molar-refractivity contribution in [3.8, 4) is 6.07 Å². The number of nitrogens with one attached hydrogen (secondary N) is 2. The Hall–Kier alpha value is -3.13. The van der Waals surface area contributed by atoms with E-state index in [0.29, 0.717) is 23.6 Å². The Bertz CT molecular complexity index is 866. The van der Waals surface area contributed by atoms with Gasteiger partial charge in [0.05, 0.1) is 23.5 Å². The molecule has 0 spiro atoms. The van der Waals surface area contributed by atoms with Gasteiger partial charge in [-0.05, 0) is 48.2 Å². The number of anilines is 2. The van der Waals surface area contributed by atoms with Crippen LogP contribution in [0.3, 0.4) is 0 Å². The van der Waals surface area contributed by atoms with Crippen molar-refractivity contribution in [2.75, 3.05) is 10.6 Å². The van der Waals surface area contributed by atoms with Crippen molar-refractivity contribution >= 4 is 23.2 Å². The molecule has 0 aliphatic heterocycles. The Morgan fingerprint density at radius 2 is 1.62 bits per heavy atom. The number of hydrogen-bond acceptors (Lipinski definition) is 3. The van der Waals surface area contributed by atoms with Gasteiger partial charge in [-0.15, -0.1) is 0 Å². The lowest BCUT2D eigenvalue weighted by Crippen LogP contribution is -2.21. The maximum absolute atomic E-state index is 12.5. The third kappa shape index (κ3) is 3.92. The SMILES string of the molecule is CC(C)c1ccccc1NC(=O)C1CC1C(=O)Nc1ccc(C#N)cc1. The fourth-order valence-electron chi connectivity index (χ4n) is 2.98. The molecule has 3 rings (SSSR count). The Kier molecular flexibility index (Phi) is 5.04. The Labute approximate surface area is 153 Å². The van der Waals surface area contributed by atoms with E-state index in [1.54, 1.807) is 24.3 Å². The monoisotopic (exact) mass is 347 g/mol. The number of carbonyl (C=O) groups excluding carboxylic acids is 2. The number of hydrogen-bond donors (Lipinski definition) is 2. The highest BCUT2D eigenvalue weighted by atomic mass is 16.2. The average molecular weight is 347 g/mol. The predicted molar refractivity (Wildman–Crippen MR) is 101 cm³/mol. The minimum absolute atomic E-state index is 0.113. The lowest BCUT2D eigenvalue weighted by molar-refractivity contribution is -0.122. The summed E-state index contributed by atoms with van der Waals surface area (Å²) in [4.78, 5) is 24.8. The number of amides is 2. The lowest BCUT2D eigenvalue weighted by atomic mass is 10.0. The van der Waals surface area contributed by atoms with Crippen molar-refractivity contribution in [2.24, 2.45) is 11.8 Å². The molecule has 1 saturated carbocycles. The molecule has 0 radical (unpaired) electrons. The van der Waals surface area contributed by atoms with E-state index in [0.717, 1.165) is 11.3 Å². The molecule has 0 heterocycles. The minimum Gasteiger partial charge on any atom is -0.326 e. The summed E-state index contributed by atoms with van der Waals surface area (Å²) in [5.74, 6) is -0.572. The van der Waals surface area contributed by atoms with Crippen LogP contribution in [0.15, 0.2) is 48.5 Å². The summed E-state index contributed by atoms with van der Waals surface area (Å²) in [6, 6.07) is 16.4. The van der Waals surface area contributed by atoms with Crippen molar-refractivity contribution in [3.05, 3.63) is 59.7 Å². The van der Waals surface area contributed by atoms with Crippen LogP contribution >= 0.6 is 0 Å². The zero-order valence-electron chi connectivity index (χ0n) is 14.8. The van der Waals surface area contributed by atoms with E-state index in [1.807, 2.05) is 30.3 Å². The second-order valence-electron chi connectivity index (χ2n) is 6.86. The van der Waals surface area contributed by atoms with Gasteiger partial charge in [-0.1, -0.05) is 32.0 Å². The topological polar surface area (TPSA) is 82.0 Å². The summed E-state index contributed by atoms with van der Waals surface area (Å²) in [6.45, 7) is 4.16. The van der Waals surface area contributed by atoms with Crippen molar-refractivity contribution < 1.29 is 9.59 Å². The van der Waals surface area contributed by atoms with Gasteiger partial charge in [0.2, 0.25) is 11.8 Å². The number of rotatable bonds is 5. The van der Waals surface area contributed by atoms with Gasteiger partial charge in [-0.2, -0.15) is 5.26 Å². The standard InChI is InChI=1S/C21H21N3O2/c1-13(2)16-5-3-4-6-19(16)24-21(26)18-11-17(18)20(25)23-15-9-7-14(12-22)8-10-15/h3-10,13,17-18H,11H2,1-2H3,(H,23,25)(H,24,26). The maximum atomic E-state index is 12.5. The number of benzene rings is 2. The van der Waals surface area contributed by atoms with E-state index in [-0.39, 0.29) is 23.7 Å². The summed E-state index contributed by atoms with van der Waals surface area (Å²) in [6.07, 6.45) is 0.553. The second kappa shape index (κ2) is 7.40. The smallest absolute Gasteiger partial charge is 0.228 e. The molecule has 2 amide bonds. The van der Waals surface area contributed by atoms with Gasteiger partial charge >= 0.3 is 0 Å². The van der Waals surface area contributed by atoms with Gasteiger partial charge in [0.1, 0.15) is 0 Å². The molecular formula is C21H21N3O2. The van der Waals surface area contributed by atoms with Crippen LogP contribution in [0.5, 0.6) is 0 Å². The van der Waals surface area contributed by atoms with Crippen molar-refractivity contribution in [1.29, 1.82) is 5.26 Å². The molecule has 1 aliphatic rings. The van der Waals surface area contributed by atoms with Gasteiger partial charge in [0, 0.05) is 11.4 Å². The van der Waals surface area contributed by atoms with Crippen LogP contribution in [0, 0.1) is 23.2 Å². The molecule has 2 aromatic carbocycles. The van der Waals surface area contributed by atoms with Crippen LogP contribution in [0.2, 0.25) is 0 Å². The highest BCUT2D eigenvalue weighted by Gasteiger charge is 2.48. The molecule has 2 atom stereocenters. The molecule has 2 aromatic rings. The fourth-order valence-corrected chi connectivity index (χ4v) is 2.98. The van der Waals surface area contributed by atoms with E-state index in [9.17, 15) is 9.59 Å². The molecule has 5 nitrogen and oxygen atoms in total. The molecule has 5 heteroatoms. The first kappa shape index (κ1) is 17.7. The summed E-state index contributed by atoms with van der Waals surface area (Å²) >= 11 is 0. The summed E-state index contributed by atoms with van der Waals surface area (Å²) in [5, 5.41) is 14.6. The molecule has 0 bridgehead atoms. The Morgan fingerprint density at radius 1 is 1.00 bits per heavy atom. The zero-order valence-corrected chi connectivity index (χ0v) is 14.8. The fraction of sp³-hybridized carbons (Fsp3) is 0.286. The molecule has 0 saturated heterocycles. The lowest BCUT2D eigenvalue weighted by Gasteiger charge is -2.13. The van der Waals surface area contributed by atoms with Gasteiger partial charge in [0.25, 0.3) is 0 Å². The molecule has 0 aromatic heterocycles. The van der Waals surface area contributed by atoms with Crippen molar-refractivity contribution in [1.82, 2.24) is 0 Å². The Balaban J connectivity index is 1.58. The van der Waals surface area contributed by atoms with Gasteiger partial charge in [0.15, 0.2) is 0 Å². The summed E-state index contributed by atoms with van der Waals surface area (Å²) in [5.41, 5.74) is 3.06. The summed E-state index contributed by atoms with van der Waals surface area (Å²) < 4.78 is 0. The molecule has 1 aliphatic carbocycles. The highest BCUT2D eigenvalue weighted by molar-refractivity contribution is 6.03. The van der Waals surface area contributed by atoms with Gasteiger partial charge in [-0.3, -0.25) is 9.59 Å². The molecular weight excluding hydrogens is 326 g/mol. The van der Waals surface area contributed by atoms with Crippen LogP contribution in [0.4, 0.5) is 11.4 Å². The van der Waals surface area contributed by atoms with Crippen molar-refractivity contribution in [3.63, 3.8) is 0 Å². The maximum Gasteiger partial charge on any atom is 0.228 e. The average Bonchev–Trinajstić information content (AvgIpc) is 3.43. The third-order valence-corrected chi connectivity index (χ3v) is 4.59. The predicted octanol–water partition coefficient (Wildman–Crippen LogP) is 3.89. The number of para-hydroxylation sites is 1. The van der Waals surface area contributed by atoms with E-state index < -0.39 is 0 Å². The summed E-state index contributed by atoms with van der Waals surface area (Å²) in [7, 11) is 0. The van der Waals surface area contributed by atoms with Crippen LogP contribution in [-0.4, -0.2) is 11.8 Å². The van der Waals surface area contributed by atoms with Crippen LogP contribution in [0.1, 0.15) is 37.3 Å². The van der Waals surface area contributed by atoms with Gasteiger partial charge in [-0.25, -0.2) is 0 Å². The molecule has 2 unspecified atom stereocenters. The molecule has 2 N–H and O–H groups in total. The van der Waals surface area contributed by atoms with E-state index in [2.05, 4.69) is 24.5 Å². The van der Waals surface area contributed by atoms with Crippen LogP contribution in [-0.2, 0) is 9.59 Å². The largest absolute Gasteiger partial charge is 0.326 e. The first-order chi connectivity index (χ1) is 12.5. The van der Waals surface area contributed by atoms with E-state index in [4.69, 9.17) is 5.26 Å². The molecule has 132 valence electrons. The van der Waals surface area contributed by atoms with Crippen molar-refractivity contribution in [2.45, 2.75) is 26.2 Å². The molecule has 1 fully saturated rings. The first-order valence-corrected chi connectivity index (χ1v) is 8.70. The van der Waals surface area contributed by atoms with E-state index in [1.165, 1.54) is 0 Å². The Morgan fingerprint density at radius 3 is 2.23 bits per heavy atom. The third-order valence-electron chi connectivity index (χ3n) is 4.59. The minimum atomic E-state index is -0.308. The zero-order chi connectivity index (χ0) is 18.7. The highest BCUT2D eigenvalue weighted by Crippen LogP contribution is 2.40. The molecule has 26 heavy (non-hydrogen) atoms. The van der Waals surface area contributed by atoms with Gasteiger partial charge < -0.3 is 10.6 Å². The number of nitrogens with zero attached hydrogens (tertiary/aromatic N) is 1. The normalized spacial score (nSPS) is 18.1. The first-order valence-electron chi connectivity index (χ1n) is 8.70. The number of nitriles is 1. The van der Waals surface area contributed by atoms with Crippen LogP contribution < -0.4 is 10.6 Å². The quantitative estimate of drug-likeness (QED) is 0.861. The van der Waals surface area contributed by atoms with Crippen LogP contribution in [0.25, 0.3) is 0 Å².